The molecular formula is C20H18ClN3O4. The van der Waals surface area contributed by atoms with E-state index >= 15 is 0 Å². The molecule has 2 aromatic carbocycles. The summed E-state index contributed by atoms with van der Waals surface area (Å²) in [6, 6.07) is 9.96. The number of benzene rings is 2. The van der Waals surface area contributed by atoms with Crippen LogP contribution < -0.4 is 20.3 Å². The minimum atomic E-state index is -0.495. The van der Waals surface area contributed by atoms with Crippen molar-refractivity contribution < 1.29 is 14.3 Å². The average Bonchev–Trinajstić information content (AvgIpc) is 2.71. The molecule has 0 fully saturated rings. The molecule has 144 valence electrons. The van der Waals surface area contributed by atoms with E-state index in [1.165, 1.54) is 37.2 Å². The summed E-state index contributed by atoms with van der Waals surface area (Å²) in [4.78, 5) is 29.3. The first-order chi connectivity index (χ1) is 13.4. The Labute approximate surface area is 166 Å². The van der Waals surface area contributed by atoms with E-state index in [2.05, 4.69) is 10.3 Å². The highest BCUT2D eigenvalue weighted by molar-refractivity contribution is 6.31. The van der Waals surface area contributed by atoms with Crippen molar-refractivity contribution in [1.29, 1.82) is 0 Å². The highest BCUT2D eigenvalue weighted by Crippen LogP contribution is 2.27. The van der Waals surface area contributed by atoms with Crippen LogP contribution in [0.15, 0.2) is 53.6 Å². The number of ether oxygens (including phenoxy) is 2. The van der Waals surface area contributed by atoms with Gasteiger partial charge < -0.3 is 14.8 Å². The Balaban J connectivity index is 1.92. The Hall–Kier alpha value is -3.32. The molecule has 1 aromatic heterocycles. The van der Waals surface area contributed by atoms with E-state index in [0.717, 1.165) is 5.56 Å². The summed E-state index contributed by atoms with van der Waals surface area (Å²) in [6.45, 7) is 1.87. The summed E-state index contributed by atoms with van der Waals surface area (Å²) in [5, 5.41) is 3.08. The van der Waals surface area contributed by atoms with E-state index in [4.69, 9.17) is 21.1 Å². The lowest BCUT2D eigenvalue weighted by atomic mass is 10.2. The Bertz CT molecular complexity index is 1100. The normalized spacial score (nSPS) is 10.4. The SMILES string of the molecule is COc1ccc(C(=O)Nc2nccn(-c3ccc(C)c(Cl)c3)c2=O)cc1OC. The topological polar surface area (TPSA) is 82.5 Å². The third kappa shape index (κ3) is 3.84. The van der Waals surface area contributed by atoms with Gasteiger partial charge in [0.1, 0.15) is 0 Å². The standard InChI is InChI=1S/C20H18ClN3O4/c1-12-4-6-14(11-15(12)21)24-9-8-22-18(20(24)26)23-19(25)13-5-7-16(27-2)17(10-13)28-3/h4-11H,1-3H3,(H,22,23,25). The number of carbonyl (C=O) groups is 1. The fourth-order valence-corrected chi connectivity index (χ4v) is 2.76. The third-order valence-electron chi connectivity index (χ3n) is 4.15. The smallest absolute Gasteiger partial charge is 0.298 e. The van der Waals surface area contributed by atoms with E-state index in [1.807, 2.05) is 13.0 Å². The molecule has 1 N–H and O–H groups in total. The van der Waals surface area contributed by atoms with E-state index in [1.54, 1.807) is 24.3 Å². The van der Waals surface area contributed by atoms with Gasteiger partial charge in [-0.05, 0) is 42.8 Å². The van der Waals surface area contributed by atoms with Crippen molar-refractivity contribution in [3.05, 3.63) is 75.3 Å². The largest absolute Gasteiger partial charge is 0.493 e. The minimum Gasteiger partial charge on any atom is -0.493 e. The van der Waals surface area contributed by atoms with Gasteiger partial charge in [0, 0.05) is 23.0 Å². The van der Waals surface area contributed by atoms with Crippen LogP contribution in [0, 0.1) is 6.92 Å². The van der Waals surface area contributed by atoms with Gasteiger partial charge in [-0.2, -0.15) is 0 Å². The molecule has 3 aromatic rings. The summed E-state index contributed by atoms with van der Waals surface area (Å²) in [7, 11) is 2.98. The first kappa shape index (κ1) is 19.4. The maximum Gasteiger partial charge on any atom is 0.298 e. The molecule has 0 saturated heterocycles. The van der Waals surface area contributed by atoms with Crippen LogP contribution in [-0.4, -0.2) is 29.7 Å². The number of rotatable bonds is 5. The maximum atomic E-state index is 12.8. The van der Waals surface area contributed by atoms with Gasteiger partial charge in [0.05, 0.1) is 19.9 Å². The number of methoxy groups -OCH3 is 2. The monoisotopic (exact) mass is 399 g/mol. The zero-order valence-electron chi connectivity index (χ0n) is 15.5. The van der Waals surface area contributed by atoms with Crippen molar-refractivity contribution in [1.82, 2.24) is 9.55 Å². The molecule has 8 heteroatoms. The van der Waals surface area contributed by atoms with Crippen molar-refractivity contribution in [2.24, 2.45) is 0 Å². The highest BCUT2D eigenvalue weighted by Gasteiger charge is 2.14. The summed E-state index contributed by atoms with van der Waals surface area (Å²) >= 11 is 6.15. The van der Waals surface area contributed by atoms with Crippen LogP contribution in [0.25, 0.3) is 5.69 Å². The predicted molar refractivity (Wildman–Crippen MR) is 107 cm³/mol. The Morgan fingerprint density at radius 2 is 1.86 bits per heavy atom. The molecule has 0 aliphatic carbocycles. The second kappa shape index (κ2) is 8.14. The van der Waals surface area contributed by atoms with Crippen molar-refractivity contribution in [2.45, 2.75) is 6.92 Å². The van der Waals surface area contributed by atoms with Crippen LogP contribution in [0.1, 0.15) is 15.9 Å². The number of anilines is 1. The third-order valence-corrected chi connectivity index (χ3v) is 4.56. The fourth-order valence-electron chi connectivity index (χ4n) is 2.59. The van der Waals surface area contributed by atoms with Crippen molar-refractivity contribution >= 4 is 23.3 Å². The Kier molecular flexibility index (Phi) is 5.65. The van der Waals surface area contributed by atoms with Crippen molar-refractivity contribution in [3.63, 3.8) is 0 Å². The zero-order chi connectivity index (χ0) is 20.3. The molecule has 0 saturated carbocycles. The van der Waals surface area contributed by atoms with Crippen LogP contribution in [-0.2, 0) is 0 Å². The molecule has 0 aliphatic heterocycles. The van der Waals surface area contributed by atoms with Crippen LogP contribution in [0.5, 0.6) is 11.5 Å². The van der Waals surface area contributed by atoms with Gasteiger partial charge in [0.25, 0.3) is 11.5 Å². The second-order valence-corrected chi connectivity index (χ2v) is 6.32. The Morgan fingerprint density at radius 3 is 2.54 bits per heavy atom. The molecule has 0 spiro atoms. The number of hydrogen-bond donors (Lipinski definition) is 1. The van der Waals surface area contributed by atoms with Gasteiger partial charge in [-0.15, -0.1) is 0 Å². The second-order valence-electron chi connectivity index (χ2n) is 5.91. The number of aryl methyl sites for hydroxylation is 1. The lowest BCUT2D eigenvalue weighted by Gasteiger charge is -2.11. The summed E-state index contributed by atoms with van der Waals surface area (Å²) < 4.78 is 11.7. The predicted octanol–water partition coefficient (Wildman–Crippen LogP) is 3.46. The number of aromatic nitrogens is 2. The van der Waals surface area contributed by atoms with E-state index < -0.39 is 11.5 Å². The molecular weight excluding hydrogens is 382 g/mol. The average molecular weight is 400 g/mol. The van der Waals surface area contributed by atoms with Gasteiger partial charge in [0.2, 0.25) is 0 Å². The van der Waals surface area contributed by atoms with Gasteiger partial charge in [-0.25, -0.2) is 4.98 Å². The lowest BCUT2D eigenvalue weighted by molar-refractivity contribution is 0.102. The molecule has 0 atom stereocenters. The van der Waals surface area contributed by atoms with E-state index in [-0.39, 0.29) is 5.82 Å². The van der Waals surface area contributed by atoms with Crippen molar-refractivity contribution in [2.75, 3.05) is 19.5 Å². The first-order valence-electron chi connectivity index (χ1n) is 8.32. The minimum absolute atomic E-state index is 0.0982. The van der Waals surface area contributed by atoms with Crippen LogP contribution >= 0.6 is 11.6 Å². The molecule has 0 radical (unpaired) electrons. The molecule has 0 bridgehead atoms. The van der Waals surface area contributed by atoms with Gasteiger partial charge >= 0.3 is 0 Å². The summed E-state index contributed by atoms with van der Waals surface area (Å²) in [5.41, 5.74) is 1.29. The quantitative estimate of drug-likeness (QED) is 0.710. The van der Waals surface area contributed by atoms with Gasteiger partial charge in [-0.1, -0.05) is 17.7 Å². The number of hydrogen-bond acceptors (Lipinski definition) is 5. The number of amides is 1. The number of carbonyl (C=O) groups excluding carboxylic acids is 1. The van der Waals surface area contributed by atoms with E-state index in [0.29, 0.717) is 27.8 Å². The first-order valence-corrected chi connectivity index (χ1v) is 8.70. The number of nitrogens with one attached hydrogen (secondary N) is 1. The lowest BCUT2D eigenvalue weighted by Crippen LogP contribution is -2.26. The molecule has 1 heterocycles. The molecule has 7 nitrogen and oxygen atoms in total. The van der Waals surface area contributed by atoms with Gasteiger partial charge in [-0.3, -0.25) is 14.2 Å². The van der Waals surface area contributed by atoms with Crippen LogP contribution in [0.3, 0.4) is 0 Å². The fraction of sp³-hybridized carbons (Fsp3) is 0.150. The molecule has 3 rings (SSSR count). The number of halogens is 1. The Morgan fingerprint density at radius 1 is 1.11 bits per heavy atom. The van der Waals surface area contributed by atoms with E-state index in [9.17, 15) is 9.59 Å². The molecule has 0 unspecified atom stereocenters. The summed E-state index contributed by atoms with van der Waals surface area (Å²) in [5.74, 6) is 0.308. The highest BCUT2D eigenvalue weighted by atomic mass is 35.5. The van der Waals surface area contributed by atoms with Gasteiger partial charge in [0.15, 0.2) is 17.3 Å². The summed E-state index contributed by atoms with van der Waals surface area (Å²) in [6.07, 6.45) is 2.94. The zero-order valence-corrected chi connectivity index (χ0v) is 16.3. The molecule has 28 heavy (non-hydrogen) atoms. The molecule has 0 aliphatic rings. The molecule has 1 amide bonds. The number of nitrogens with zero attached hydrogens (tertiary/aromatic N) is 2. The van der Waals surface area contributed by atoms with Crippen molar-refractivity contribution in [3.8, 4) is 17.2 Å². The van der Waals surface area contributed by atoms with Crippen LogP contribution in [0.2, 0.25) is 5.02 Å². The maximum absolute atomic E-state index is 12.8. The van der Waals surface area contributed by atoms with Crippen LogP contribution in [0.4, 0.5) is 5.82 Å².